The Labute approximate surface area is 73.9 Å². The van der Waals surface area contributed by atoms with E-state index in [1.54, 1.807) is 0 Å². The van der Waals surface area contributed by atoms with Crippen molar-refractivity contribution in [2.45, 2.75) is 26.7 Å². The number of nitrogens with one attached hydrogen (secondary N) is 1. The third-order valence-electron chi connectivity index (χ3n) is 1.26. The Morgan fingerprint density at radius 3 is 2.09 bits per heavy atom. The van der Waals surface area contributed by atoms with E-state index in [0.29, 0.717) is 5.11 Å². The molecule has 0 saturated heterocycles. The second-order valence-corrected chi connectivity index (χ2v) is 2.90. The minimum atomic E-state index is 0.354. The van der Waals surface area contributed by atoms with Gasteiger partial charge in [0, 0.05) is 13.1 Å². The van der Waals surface area contributed by atoms with Gasteiger partial charge in [-0.3, -0.25) is 5.43 Å². The summed E-state index contributed by atoms with van der Waals surface area (Å²) >= 11 is 4.73. The fourth-order valence-corrected chi connectivity index (χ4v) is 1.05. The van der Waals surface area contributed by atoms with Crippen molar-refractivity contribution in [3.05, 3.63) is 0 Å². The van der Waals surface area contributed by atoms with Crippen LogP contribution in [0.2, 0.25) is 0 Å². The van der Waals surface area contributed by atoms with E-state index >= 15 is 0 Å². The molecule has 3 nitrogen and oxygen atoms in total. The summed E-state index contributed by atoms with van der Waals surface area (Å²) in [6, 6.07) is 0. The van der Waals surface area contributed by atoms with Gasteiger partial charge in [-0.1, -0.05) is 13.8 Å². The van der Waals surface area contributed by atoms with E-state index in [9.17, 15) is 0 Å². The maximum absolute atomic E-state index is 5.33. The van der Waals surface area contributed by atoms with Crippen LogP contribution in [0, 0.1) is 0 Å². The molecule has 11 heavy (non-hydrogen) atoms. The highest BCUT2D eigenvalue weighted by molar-refractivity contribution is 7.80. The van der Waals surface area contributed by atoms with Crippen molar-refractivity contribution < 1.29 is 0 Å². The van der Waals surface area contributed by atoms with Crippen molar-refractivity contribution in [3.8, 4) is 0 Å². The highest BCUT2D eigenvalue weighted by atomic mass is 32.1. The molecule has 0 aliphatic heterocycles. The van der Waals surface area contributed by atoms with Crippen LogP contribution < -0.4 is 11.2 Å². The van der Waals surface area contributed by atoms with Gasteiger partial charge in [0.15, 0.2) is 5.11 Å². The first-order chi connectivity index (χ1) is 5.20. The molecule has 0 rings (SSSR count). The highest BCUT2D eigenvalue weighted by Crippen LogP contribution is 1.88. The molecule has 4 heteroatoms. The maximum atomic E-state index is 5.33. The van der Waals surface area contributed by atoms with E-state index < -0.39 is 0 Å². The van der Waals surface area contributed by atoms with E-state index in [2.05, 4.69) is 19.3 Å². The molecule has 0 amide bonds. The van der Waals surface area contributed by atoms with Crippen molar-refractivity contribution in [1.82, 2.24) is 10.4 Å². The van der Waals surface area contributed by atoms with Crippen LogP contribution in [-0.4, -0.2) is 23.2 Å². The number of nitrogens with zero attached hydrogens (tertiary/aromatic N) is 1. The predicted octanol–water partition coefficient (Wildman–Crippen LogP) is 0.857. The number of hydrogen-bond acceptors (Lipinski definition) is 2. The summed E-state index contributed by atoms with van der Waals surface area (Å²) in [4.78, 5) is 0. The van der Waals surface area contributed by atoms with E-state index in [1.807, 2.05) is 5.01 Å². The molecule has 3 N–H and O–H groups in total. The van der Waals surface area contributed by atoms with Crippen LogP contribution in [0.1, 0.15) is 26.7 Å². The number of hydrogen-bond donors (Lipinski definition) is 2. The fraction of sp³-hybridized carbons (Fsp3) is 0.857. The Bertz CT molecular complexity index is 110. The Balaban J connectivity index is 3.59. The van der Waals surface area contributed by atoms with E-state index in [4.69, 9.17) is 18.0 Å². The van der Waals surface area contributed by atoms with Gasteiger partial charge in [0.25, 0.3) is 0 Å². The lowest BCUT2D eigenvalue weighted by Crippen LogP contribution is -2.45. The van der Waals surface area contributed by atoms with Crippen LogP contribution in [0.15, 0.2) is 0 Å². The van der Waals surface area contributed by atoms with E-state index in [1.165, 1.54) is 0 Å². The SMILES string of the molecule is CCCN(CCC)NC(N)=S. The van der Waals surface area contributed by atoms with Gasteiger partial charge in [-0.25, -0.2) is 5.01 Å². The molecule has 0 heterocycles. The molecule has 0 unspecified atom stereocenters. The van der Waals surface area contributed by atoms with Crippen molar-refractivity contribution in [3.63, 3.8) is 0 Å². The first kappa shape index (κ1) is 10.7. The molecule has 0 aromatic heterocycles. The molecular formula is C7H17N3S. The molecule has 0 atom stereocenters. The highest BCUT2D eigenvalue weighted by Gasteiger charge is 2.00. The second kappa shape index (κ2) is 6.37. The van der Waals surface area contributed by atoms with Crippen molar-refractivity contribution in [2.24, 2.45) is 5.73 Å². The summed E-state index contributed by atoms with van der Waals surface area (Å²) in [7, 11) is 0. The summed E-state index contributed by atoms with van der Waals surface area (Å²) in [6.07, 6.45) is 2.21. The first-order valence-electron chi connectivity index (χ1n) is 4.01. The van der Waals surface area contributed by atoms with E-state index in [0.717, 1.165) is 25.9 Å². The summed E-state index contributed by atoms with van der Waals surface area (Å²) in [5.41, 5.74) is 8.26. The van der Waals surface area contributed by atoms with Crippen LogP contribution >= 0.6 is 12.2 Å². The van der Waals surface area contributed by atoms with Gasteiger partial charge < -0.3 is 5.73 Å². The Hall–Kier alpha value is -0.350. The fourth-order valence-electron chi connectivity index (χ4n) is 0.919. The Morgan fingerprint density at radius 2 is 1.82 bits per heavy atom. The normalized spacial score (nSPS) is 10.1. The molecule has 0 bridgehead atoms. The van der Waals surface area contributed by atoms with Crippen molar-refractivity contribution in [2.75, 3.05) is 13.1 Å². The summed E-state index contributed by atoms with van der Waals surface area (Å²) in [6.45, 7) is 6.24. The Morgan fingerprint density at radius 1 is 1.36 bits per heavy atom. The third kappa shape index (κ3) is 6.06. The molecule has 0 fully saturated rings. The largest absolute Gasteiger partial charge is 0.375 e. The average Bonchev–Trinajstić information content (AvgIpc) is 1.87. The van der Waals surface area contributed by atoms with Gasteiger partial charge in [-0.05, 0) is 25.1 Å². The summed E-state index contributed by atoms with van der Waals surface area (Å²) in [5.74, 6) is 0. The van der Waals surface area contributed by atoms with Gasteiger partial charge >= 0.3 is 0 Å². The summed E-state index contributed by atoms with van der Waals surface area (Å²) < 4.78 is 0. The quantitative estimate of drug-likeness (QED) is 0.480. The van der Waals surface area contributed by atoms with Crippen LogP contribution in [-0.2, 0) is 0 Å². The van der Waals surface area contributed by atoms with Gasteiger partial charge in [0.2, 0.25) is 0 Å². The smallest absolute Gasteiger partial charge is 0.178 e. The van der Waals surface area contributed by atoms with Crippen LogP contribution in [0.5, 0.6) is 0 Å². The predicted molar refractivity (Wildman–Crippen MR) is 52.1 cm³/mol. The Kier molecular flexibility index (Phi) is 6.16. The van der Waals surface area contributed by atoms with Gasteiger partial charge in [-0.2, -0.15) is 0 Å². The molecule has 0 aromatic carbocycles. The summed E-state index contributed by atoms with van der Waals surface area (Å²) in [5, 5.41) is 2.40. The lowest BCUT2D eigenvalue weighted by atomic mass is 10.4. The number of rotatable bonds is 5. The van der Waals surface area contributed by atoms with Crippen molar-refractivity contribution >= 4 is 17.3 Å². The number of hydrazine groups is 1. The van der Waals surface area contributed by atoms with Crippen LogP contribution in [0.3, 0.4) is 0 Å². The standard InChI is InChI=1S/C7H17N3S/c1-3-5-10(6-4-2)9-7(8)11/h3-6H2,1-2H3,(H3,8,9,11). The lowest BCUT2D eigenvalue weighted by molar-refractivity contribution is 0.237. The minimum absolute atomic E-state index is 0.354. The van der Waals surface area contributed by atoms with Gasteiger partial charge in [-0.15, -0.1) is 0 Å². The molecule has 0 aliphatic rings. The topological polar surface area (TPSA) is 41.3 Å². The first-order valence-corrected chi connectivity index (χ1v) is 4.42. The zero-order valence-electron chi connectivity index (χ0n) is 7.26. The van der Waals surface area contributed by atoms with Gasteiger partial charge in [0.1, 0.15) is 0 Å². The second-order valence-electron chi connectivity index (χ2n) is 2.46. The third-order valence-corrected chi connectivity index (χ3v) is 1.35. The zero-order chi connectivity index (χ0) is 8.69. The number of thiocarbonyl (C=S) groups is 1. The molecule has 0 saturated carbocycles. The lowest BCUT2D eigenvalue weighted by Gasteiger charge is -2.21. The molecule has 0 radical (unpaired) electrons. The van der Waals surface area contributed by atoms with Gasteiger partial charge in [0.05, 0.1) is 0 Å². The van der Waals surface area contributed by atoms with E-state index in [-0.39, 0.29) is 0 Å². The van der Waals surface area contributed by atoms with Crippen molar-refractivity contribution in [1.29, 1.82) is 0 Å². The number of nitrogens with two attached hydrogens (primary N) is 1. The molecule has 66 valence electrons. The molecular weight excluding hydrogens is 158 g/mol. The van der Waals surface area contributed by atoms with Crippen LogP contribution in [0.25, 0.3) is 0 Å². The molecule has 0 aromatic rings. The van der Waals surface area contributed by atoms with Crippen LogP contribution in [0.4, 0.5) is 0 Å². The monoisotopic (exact) mass is 175 g/mol. The zero-order valence-corrected chi connectivity index (χ0v) is 8.08. The maximum Gasteiger partial charge on any atom is 0.178 e. The molecule has 0 aliphatic carbocycles. The molecule has 0 spiro atoms. The average molecular weight is 175 g/mol. The minimum Gasteiger partial charge on any atom is -0.375 e.